The molecule has 204 valence electrons. The second kappa shape index (κ2) is 11.3. The molecule has 0 bridgehead atoms. The number of aromatic nitrogens is 2. The molecule has 0 saturated heterocycles. The standard InChI is InChI=1S/C30H30F3N3O3/c1-29(2,28(37)38)39-26-15-9-22(10-16-26)18-35(3)20-25-17-27(23-11-13-24(14-12-23)30(31,32)33)34-36(25)19-21-7-5-4-6-8-21/h4-17H,18-20H2,1-3H3,(H,37,38). The summed E-state index contributed by atoms with van der Waals surface area (Å²) in [4.78, 5) is 13.4. The molecule has 1 heterocycles. The lowest BCUT2D eigenvalue weighted by Gasteiger charge is -2.22. The van der Waals surface area contributed by atoms with E-state index in [-0.39, 0.29) is 0 Å². The number of halogens is 3. The molecule has 39 heavy (non-hydrogen) atoms. The van der Waals surface area contributed by atoms with E-state index in [4.69, 9.17) is 9.84 Å². The van der Waals surface area contributed by atoms with Crippen LogP contribution in [0.25, 0.3) is 11.3 Å². The molecule has 0 aliphatic carbocycles. The maximum atomic E-state index is 13.0. The lowest BCUT2D eigenvalue weighted by Crippen LogP contribution is -2.37. The maximum Gasteiger partial charge on any atom is 0.416 e. The molecular weight excluding hydrogens is 507 g/mol. The van der Waals surface area contributed by atoms with Crippen LogP contribution in [0.5, 0.6) is 5.75 Å². The van der Waals surface area contributed by atoms with Crippen molar-refractivity contribution in [2.24, 2.45) is 0 Å². The van der Waals surface area contributed by atoms with Crippen LogP contribution in [0.2, 0.25) is 0 Å². The van der Waals surface area contributed by atoms with E-state index in [0.717, 1.165) is 29.0 Å². The second-order valence-corrected chi connectivity index (χ2v) is 9.97. The van der Waals surface area contributed by atoms with E-state index in [1.807, 2.05) is 60.3 Å². The predicted octanol–water partition coefficient (Wildman–Crippen LogP) is 6.49. The van der Waals surface area contributed by atoms with Gasteiger partial charge >= 0.3 is 12.1 Å². The van der Waals surface area contributed by atoms with E-state index in [1.165, 1.54) is 26.0 Å². The third-order valence-corrected chi connectivity index (χ3v) is 6.24. The molecule has 1 N–H and O–H groups in total. The number of alkyl halides is 3. The highest BCUT2D eigenvalue weighted by Crippen LogP contribution is 2.31. The molecule has 0 fully saturated rings. The van der Waals surface area contributed by atoms with Crippen LogP contribution in [0.15, 0.2) is 84.9 Å². The van der Waals surface area contributed by atoms with Gasteiger partial charge in [-0.05, 0) is 62.4 Å². The average Bonchev–Trinajstić information content (AvgIpc) is 3.27. The van der Waals surface area contributed by atoms with Gasteiger partial charge in [0.1, 0.15) is 5.75 Å². The van der Waals surface area contributed by atoms with Gasteiger partial charge in [-0.25, -0.2) is 4.79 Å². The van der Waals surface area contributed by atoms with Crippen molar-refractivity contribution < 1.29 is 27.8 Å². The van der Waals surface area contributed by atoms with Gasteiger partial charge in [-0.2, -0.15) is 18.3 Å². The van der Waals surface area contributed by atoms with E-state index in [2.05, 4.69) is 4.90 Å². The first kappa shape index (κ1) is 27.9. The number of hydrogen-bond donors (Lipinski definition) is 1. The molecule has 0 spiro atoms. The third-order valence-electron chi connectivity index (χ3n) is 6.24. The van der Waals surface area contributed by atoms with Crippen molar-refractivity contribution >= 4 is 5.97 Å². The Balaban J connectivity index is 1.52. The average molecular weight is 538 g/mol. The summed E-state index contributed by atoms with van der Waals surface area (Å²) in [6.45, 7) is 4.67. The molecule has 9 heteroatoms. The van der Waals surface area contributed by atoms with Crippen LogP contribution in [0.3, 0.4) is 0 Å². The number of aliphatic carboxylic acids is 1. The minimum Gasteiger partial charge on any atom is -0.478 e. The van der Waals surface area contributed by atoms with E-state index in [9.17, 15) is 23.1 Å². The highest BCUT2D eigenvalue weighted by Gasteiger charge is 2.30. The summed E-state index contributed by atoms with van der Waals surface area (Å²) >= 11 is 0. The Labute approximate surface area is 225 Å². The van der Waals surface area contributed by atoms with Crippen molar-refractivity contribution in [2.75, 3.05) is 7.05 Å². The SMILES string of the molecule is CN(Cc1ccc(OC(C)(C)C(=O)O)cc1)Cc1cc(-c2ccc(C(F)(F)F)cc2)nn1Cc1ccccc1. The molecular formula is C30H30F3N3O3. The fourth-order valence-electron chi connectivity index (χ4n) is 4.09. The highest BCUT2D eigenvalue weighted by atomic mass is 19.4. The summed E-state index contributed by atoms with van der Waals surface area (Å²) in [5.74, 6) is -0.579. The van der Waals surface area contributed by atoms with Crippen molar-refractivity contribution in [1.29, 1.82) is 0 Å². The molecule has 0 aliphatic rings. The zero-order valence-corrected chi connectivity index (χ0v) is 21.9. The van der Waals surface area contributed by atoms with Gasteiger partial charge in [-0.1, -0.05) is 54.6 Å². The van der Waals surface area contributed by atoms with Crippen molar-refractivity contribution in [2.45, 2.75) is 45.3 Å². The Hall–Kier alpha value is -4.11. The summed E-state index contributed by atoms with van der Waals surface area (Å²) in [7, 11) is 1.97. The van der Waals surface area contributed by atoms with Crippen molar-refractivity contribution in [3.8, 4) is 17.0 Å². The Kier molecular flexibility index (Phi) is 8.11. The third kappa shape index (κ3) is 7.26. The number of hydrogen-bond acceptors (Lipinski definition) is 4. The van der Waals surface area contributed by atoms with E-state index < -0.39 is 23.3 Å². The molecule has 1 aromatic heterocycles. The number of ether oxygens (including phenoxy) is 1. The number of carboxylic acids is 1. The molecule has 4 rings (SSSR count). The van der Waals surface area contributed by atoms with Gasteiger partial charge in [0.15, 0.2) is 5.60 Å². The van der Waals surface area contributed by atoms with E-state index >= 15 is 0 Å². The smallest absolute Gasteiger partial charge is 0.416 e. The van der Waals surface area contributed by atoms with Crippen LogP contribution in [-0.4, -0.2) is 38.4 Å². The predicted molar refractivity (Wildman–Crippen MR) is 142 cm³/mol. The topological polar surface area (TPSA) is 67.6 Å². The zero-order valence-electron chi connectivity index (χ0n) is 21.9. The Morgan fingerprint density at radius 3 is 2.15 bits per heavy atom. The van der Waals surface area contributed by atoms with Crippen LogP contribution in [-0.2, 0) is 30.6 Å². The quantitative estimate of drug-likeness (QED) is 0.250. The Bertz CT molecular complexity index is 1400. The fourth-order valence-corrected chi connectivity index (χ4v) is 4.09. The van der Waals surface area contributed by atoms with E-state index in [0.29, 0.717) is 36.6 Å². The molecule has 6 nitrogen and oxygen atoms in total. The number of rotatable bonds is 10. The first-order chi connectivity index (χ1) is 18.4. The van der Waals surface area contributed by atoms with Crippen molar-refractivity contribution in [3.05, 3.63) is 107 Å². The van der Waals surface area contributed by atoms with Crippen LogP contribution >= 0.6 is 0 Å². The minimum atomic E-state index is -4.39. The summed E-state index contributed by atoms with van der Waals surface area (Å²) in [5, 5.41) is 14.0. The normalized spacial score (nSPS) is 12.1. The molecule has 3 aromatic carbocycles. The lowest BCUT2D eigenvalue weighted by atomic mass is 10.1. The molecule has 0 aliphatic heterocycles. The van der Waals surface area contributed by atoms with Gasteiger partial charge in [0.25, 0.3) is 0 Å². The van der Waals surface area contributed by atoms with Gasteiger partial charge in [-0.3, -0.25) is 9.58 Å². The highest BCUT2D eigenvalue weighted by molar-refractivity contribution is 5.76. The van der Waals surface area contributed by atoms with Gasteiger partial charge in [-0.15, -0.1) is 0 Å². The van der Waals surface area contributed by atoms with Crippen molar-refractivity contribution in [3.63, 3.8) is 0 Å². The molecule has 4 aromatic rings. The monoisotopic (exact) mass is 537 g/mol. The number of nitrogens with zero attached hydrogens (tertiary/aromatic N) is 3. The van der Waals surface area contributed by atoms with Gasteiger partial charge in [0.2, 0.25) is 0 Å². The van der Waals surface area contributed by atoms with Crippen LogP contribution in [0.4, 0.5) is 13.2 Å². The fraction of sp³-hybridized carbons (Fsp3) is 0.267. The summed E-state index contributed by atoms with van der Waals surface area (Å²) in [5.41, 5.74) is 2.17. The minimum absolute atomic E-state index is 0.468. The number of benzene rings is 3. The molecule has 0 amide bonds. The lowest BCUT2D eigenvalue weighted by molar-refractivity contribution is -0.152. The van der Waals surface area contributed by atoms with Gasteiger partial charge < -0.3 is 9.84 Å². The molecule has 0 saturated carbocycles. The number of carboxylic acid groups (broad SMARTS) is 1. The van der Waals surface area contributed by atoms with Crippen LogP contribution < -0.4 is 4.74 Å². The first-order valence-corrected chi connectivity index (χ1v) is 12.4. The molecule has 0 radical (unpaired) electrons. The molecule has 0 unspecified atom stereocenters. The zero-order chi connectivity index (χ0) is 28.2. The number of carbonyl (C=O) groups is 1. The Morgan fingerprint density at radius 2 is 1.56 bits per heavy atom. The van der Waals surface area contributed by atoms with Gasteiger partial charge in [0.05, 0.1) is 23.5 Å². The summed E-state index contributed by atoms with van der Waals surface area (Å²) in [6, 6.07) is 24.1. The second-order valence-electron chi connectivity index (χ2n) is 9.97. The summed E-state index contributed by atoms with van der Waals surface area (Å²) < 4.78 is 46.5. The summed E-state index contributed by atoms with van der Waals surface area (Å²) in [6.07, 6.45) is -4.39. The van der Waals surface area contributed by atoms with Crippen LogP contribution in [0, 0.1) is 0 Å². The van der Waals surface area contributed by atoms with E-state index in [1.54, 1.807) is 12.1 Å². The van der Waals surface area contributed by atoms with Crippen molar-refractivity contribution in [1.82, 2.24) is 14.7 Å². The Morgan fingerprint density at radius 1 is 0.923 bits per heavy atom. The maximum absolute atomic E-state index is 13.0. The largest absolute Gasteiger partial charge is 0.478 e. The molecule has 0 atom stereocenters. The van der Waals surface area contributed by atoms with Crippen LogP contribution in [0.1, 0.15) is 36.2 Å². The van der Waals surface area contributed by atoms with Gasteiger partial charge in [0, 0.05) is 18.7 Å². The first-order valence-electron chi connectivity index (χ1n) is 12.4.